The number of hydrogen-bond acceptors (Lipinski definition) is 3. The molecule has 0 radical (unpaired) electrons. The van der Waals surface area contributed by atoms with E-state index in [1.807, 2.05) is 0 Å². The standard InChI is InChI=1S/C8H9N3O/c1-7(11-10-6-12)8-2-4-9-5-3-8/h2-6,11H,1H2,(H,10,12). The Balaban J connectivity index is 2.59. The van der Waals surface area contributed by atoms with E-state index in [1.165, 1.54) is 0 Å². The lowest BCUT2D eigenvalue weighted by Crippen LogP contribution is -2.28. The fourth-order valence-electron chi connectivity index (χ4n) is 0.742. The Kier molecular flexibility index (Phi) is 2.84. The molecular weight excluding hydrogens is 154 g/mol. The lowest BCUT2D eigenvalue weighted by Gasteiger charge is -2.06. The van der Waals surface area contributed by atoms with Gasteiger partial charge in [-0.2, -0.15) is 0 Å². The molecule has 1 amide bonds. The first-order valence-corrected chi connectivity index (χ1v) is 3.39. The second-order valence-electron chi connectivity index (χ2n) is 2.10. The predicted octanol–water partition coefficient (Wildman–Crippen LogP) is 0.303. The van der Waals surface area contributed by atoms with Crippen LogP contribution in [0, 0.1) is 0 Å². The van der Waals surface area contributed by atoms with Crippen LogP contribution < -0.4 is 10.9 Å². The predicted molar refractivity (Wildman–Crippen MR) is 45.6 cm³/mol. The number of hydrogen-bond donors (Lipinski definition) is 2. The summed E-state index contributed by atoms with van der Waals surface area (Å²) in [7, 11) is 0. The number of carbonyl (C=O) groups excluding carboxylic acids is 1. The van der Waals surface area contributed by atoms with E-state index in [1.54, 1.807) is 24.5 Å². The SMILES string of the molecule is C=C(NNC=O)c1ccncc1. The molecule has 12 heavy (non-hydrogen) atoms. The highest BCUT2D eigenvalue weighted by molar-refractivity contribution is 5.62. The molecule has 0 bridgehead atoms. The van der Waals surface area contributed by atoms with E-state index in [9.17, 15) is 4.79 Å². The van der Waals surface area contributed by atoms with Gasteiger partial charge in [0.1, 0.15) is 0 Å². The summed E-state index contributed by atoms with van der Waals surface area (Å²) in [6.07, 6.45) is 3.86. The van der Waals surface area contributed by atoms with Crippen LogP contribution in [-0.4, -0.2) is 11.4 Å². The average Bonchev–Trinajstić information content (AvgIpc) is 2.15. The Morgan fingerprint density at radius 2 is 2.17 bits per heavy atom. The fourth-order valence-corrected chi connectivity index (χ4v) is 0.742. The second kappa shape index (κ2) is 4.12. The Bertz CT molecular complexity index is 271. The largest absolute Gasteiger partial charge is 0.299 e. The summed E-state index contributed by atoms with van der Waals surface area (Å²) >= 11 is 0. The van der Waals surface area contributed by atoms with Crippen molar-refractivity contribution < 1.29 is 4.79 Å². The zero-order chi connectivity index (χ0) is 8.81. The van der Waals surface area contributed by atoms with Gasteiger partial charge in [0.2, 0.25) is 6.41 Å². The van der Waals surface area contributed by atoms with Gasteiger partial charge in [0.15, 0.2) is 0 Å². The number of pyridine rings is 1. The van der Waals surface area contributed by atoms with E-state index in [-0.39, 0.29) is 0 Å². The minimum atomic E-state index is 0.548. The number of aromatic nitrogens is 1. The van der Waals surface area contributed by atoms with Gasteiger partial charge in [0.05, 0.1) is 5.70 Å². The molecule has 0 aliphatic rings. The van der Waals surface area contributed by atoms with Gasteiger partial charge in [0.25, 0.3) is 0 Å². The van der Waals surface area contributed by atoms with E-state index in [2.05, 4.69) is 22.4 Å². The molecule has 0 aromatic carbocycles. The summed E-state index contributed by atoms with van der Waals surface area (Å²) in [5.41, 5.74) is 6.42. The molecule has 0 atom stereocenters. The van der Waals surface area contributed by atoms with Gasteiger partial charge in [-0.25, -0.2) is 0 Å². The van der Waals surface area contributed by atoms with Crippen molar-refractivity contribution in [1.82, 2.24) is 15.8 Å². The zero-order valence-corrected chi connectivity index (χ0v) is 6.45. The van der Waals surface area contributed by atoms with Gasteiger partial charge in [-0.15, -0.1) is 0 Å². The van der Waals surface area contributed by atoms with Gasteiger partial charge in [-0.3, -0.25) is 20.6 Å². The van der Waals surface area contributed by atoms with Crippen molar-refractivity contribution in [3.63, 3.8) is 0 Å². The number of amides is 1. The van der Waals surface area contributed by atoms with Crippen LogP contribution in [0.1, 0.15) is 5.56 Å². The Labute approximate surface area is 70.3 Å². The molecule has 0 fully saturated rings. The van der Waals surface area contributed by atoms with Crippen LogP contribution in [0.2, 0.25) is 0 Å². The highest BCUT2D eigenvalue weighted by atomic mass is 16.1. The van der Waals surface area contributed by atoms with Crippen molar-refractivity contribution in [3.8, 4) is 0 Å². The van der Waals surface area contributed by atoms with Gasteiger partial charge < -0.3 is 0 Å². The number of rotatable bonds is 4. The first kappa shape index (κ1) is 8.26. The molecule has 0 spiro atoms. The fraction of sp³-hybridized carbons (Fsp3) is 0. The molecule has 1 rings (SSSR count). The normalized spacial score (nSPS) is 8.67. The van der Waals surface area contributed by atoms with Crippen LogP contribution in [0.3, 0.4) is 0 Å². The van der Waals surface area contributed by atoms with Gasteiger partial charge in [0, 0.05) is 18.0 Å². The minimum absolute atomic E-state index is 0.548. The molecule has 1 aromatic rings. The quantitative estimate of drug-likeness (QED) is 0.496. The summed E-state index contributed by atoms with van der Waals surface area (Å²) in [5, 5.41) is 0. The molecule has 2 N–H and O–H groups in total. The second-order valence-corrected chi connectivity index (χ2v) is 2.10. The van der Waals surface area contributed by atoms with Crippen molar-refractivity contribution in [2.75, 3.05) is 0 Å². The number of nitrogens with one attached hydrogen (secondary N) is 2. The van der Waals surface area contributed by atoms with E-state index in [0.29, 0.717) is 12.1 Å². The smallest absolute Gasteiger partial charge is 0.225 e. The van der Waals surface area contributed by atoms with Crippen LogP contribution in [0.25, 0.3) is 5.70 Å². The summed E-state index contributed by atoms with van der Waals surface area (Å²) in [5.74, 6) is 0. The number of carbonyl (C=O) groups is 1. The van der Waals surface area contributed by atoms with Gasteiger partial charge in [-0.1, -0.05) is 6.58 Å². The van der Waals surface area contributed by atoms with E-state index in [4.69, 9.17) is 0 Å². The molecule has 0 saturated heterocycles. The van der Waals surface area contributed by atoms with Crippen LogP contribution in [0.5, 0.6) is 0 Å². The molecule has 1 heterocycles. The highest BCUT2D eigenvalue weighted by Crippen LogP contribution is 2.04. The maximum atomic E-state index is 9.91. The molecule has 4 nitrogen and oxygen atoms in total. The highest BCUT2D eigenvalue weighted by Gasteiger charge is 1.94. The van der Waals surface area contributed by atoms with Crippen LogP contribution in [0.15, 0.2) is 31.1 Å². The summed E-state index contributed by atoms with van der Waals surface area (Å²) in [6.45, 7) is 3.70. The molecule has 62 valence electrons. The third kappa shape index (κ3) is 2.09. The zero-order valence-electron chi connectivity index (χ0n) is 6.45. The third-order valence-electron chi connectivity index (χ3n) is 1.31. The summed E-state index contributed by atoms with van der Waals surface area (Å²) in [4.78, 5) is 13.8. The van der Waals surface area contributed by atoms with Crippen molar-refractivity contribution in [1.29, 1.82) is 0 Å². The molecule has 0 saturated carbocycles. The van der Waals surface area contributed by atoms with Crippen LogP contribution in [0.4, 0.5) is 0 Å². The first-order chi connectivity index (χ1) is 5.84. The van der Waals surface area contributed by atoms with Gasteiger partial charge >= 0.3 is 0 Å². The monoisotopic (exact) mass is 163 g/mol. The first-order valence-electron chi connectivity index (χ1n) is 3.39. The van der Waals surface area contributed by atoms with Crippen molar-refractivity contribution in [2.45, 2.75) is 0 Å². The van der Waals surface area contributed by atoms with Crippen LogP contribution in [-0.2, 0) is 4.79 Å². The molecule has 4 heteroatoms. The Morgan fingerprint density at radius 3 is 2.75 bits per heavy atom. The van der Waals surface area contributed by atoms with Crippen molar-refractivity contribution in [2.24, 2.45) is 0 Å². The topological polar surface area (TPSA) is 54.0 Å². The summed E-state index contributed by atoms with van der Waals surface area (Å²) < 4.78 is 0. The third-order valence-corrected chi connectivity index (χ3v) is 1.31. The van der Waals surface area contributed by atoms with Crippen LogP contribution >= 0.6 is 0 Å². The lowest BCUT2D eigenvalue weighted by atomic mass is 10.2. The summed E-state index contributed by atoms with van der Waals surface area (Å²) in [6, 6.07) is 3.59. The maximum absolute atomic E-state index is 9.91. The van der Waals surface area contributed by atoms with Gasteiger partial charge in [-0.05, 0) is 12.1 Å². The van der Waals surface area contributed by atoms with E-state index in [0.717, 1.165) is 5.56 Å². The molecule has 1 aromatic heterocycles. The average molecular weight is 163 g/mol. The number of hydrazine groups is 1. The lowest BCUT2D eigenvalue weighted by molar-refractivity contribution is -0.110. The van der Waals surface area contributed by atoms with Crippen molar-refractivity contribution in [3.05, 3.63) is 36.7 Å². The molecular formula is C8H9N3O. The van der Waals surface area contributed by atoms with Crippen molar-refractivity contribution >= 4 is 12.1 Å². The maximum Gasteiger partial charge on any atom is 0.225 e. The van der Waals surface area contributed by atoms with E-state index >= 15 is 0 Å². The number of nitrogens with zero attached hydrogens (tertiary/aromatic N) is 1. The van der Waals surface area contributed by atoms with E-state index < -0.39 is 0 Å². The molecule has 0 unspecified atom stereocenters. The minimum Gasteiger partial charge on any atom is -0.299 e. The Morgan fingerprint density at radius 1 is 1.50 bits per heavy atom. The molecule has 0 aliphatic carbocycles. The Hall–Kier alpha value is -1.84. The molecule has 0 aliphatic heterocycles.